The largest absolute Gasteiger partial charge is 0.344 e. The lowest BCUT2D eigenvalue weighted by Gasteiger charge is -1.98. The molecule has 0 fully saturated rings. The first-order valence-corrected chi connectivity index (χ1v) is 6.02. The molecule has 8 heteroatoms. The lowest BCUT2D eigenvalue weighted by Crippen LogP contribution is -2.22. The monoisotopic (exact) mass is 301 g/mol. The van der Waals surface area contributed by atoms with Gasteiger partial charge in [0.1, 0.15) is 0 Å². The SMILES string of the molecule is Cn1ccc(CNC(=O)c2nnc(Br)s2)n1. The first-order valence-electron chi connectivity index (χ1n) is 4.41. The van der Waals surface area contributed by atoms with Crippen LogP contribution >= 0.6 is 27.3 Å². The number of rotatable bonds is 3. The standard InChI is InChI=1S/C8H8BrN5OS/c1-14-3-2-5(13-14)4-10-6(15)7-11-12-8(9)16-7/h2-3H,4H2,1H3,(H,10,15). The Bertz CT molecular complexity index is 508. The van der Waals surface area contributed by atoms with Gasteiger partial charge in [0.25, 0.3) is 5.91 Å². The molecule has 0 saturated carbocycles. The topological polar surface area (TPSA) is 72.7 Å². The summed E-state index contributed by atoms with van der Waals surface area (Å²) < 4.78 is 2.28. The summed E-state index contributed by atoms with van der Waals surface area (Å²) in [6.07, 6.45) is 1.82. The molecule has 0 aliphatic rings. The number of hydrogen-bond acceptors (Lipinski definition) is 5. The van der Waals surface area contributed by atoms with E-state index in [0.29, 0.717) is 15.5 Å². The van der Waals surface area contributed by atoms with Crippen LogP contribution in [0.4, 0.5) is 0 Å². The van der Waals surface area contributed by atoms with E-state index in [1.165, 1.54) is 11.3 Å². The van der Waals surface area contributed by atoms with Gasteiger partial charge in [-0.1, -0.05) is 11.3 Å². The van der Waals surface area contributed by atoms with E-state index < -0.39 is 0 Å². The molecule has 2 aromatic rings. The number of carbonyl (C=O) groups excluding carboxylic acids is 1. The summed E-state index contributed by atoms with van der Waals surface area (Å²) in [5.74, 6) is -0.242. The van der Waals surface area contributed by atoms with Gasteiger partial charge in [-0.3, -0.25) is 9.48 Å². The van der Waals surface area contributed by atoms with Crippen molar-refractivity contribution in [2.75, 3.05) is 0 Å². The van der Waals surface area contributed by atoms with Crippen molar-refractivity contribution in [3.05, 3.63) is 26.9 Å². The first kappa shape index (κ1) is 11.2. The van der Waals surface area contributed by atoms with Crippen molar-refractivity contribution in [1.29, 1.82) is 0 Å². The van der Waals surface area contributed by atoms with E-state index in [4.69, 9.17) is 0 Å². The van der Waals surface area contributed by atoms with Crippen LogP contribution in [0.2, 0.25) is 0 Å². The van der Waals surface area contributed by atoms with Gasteiger partial charge in [0.15, 0.2) is 3.92 Å². The average Bonchev–Trinajstić information content (AvgIpc) is 2.84. The Kier molecular flexibility index (Phi) is 3.30. The quantitative estimate of drug-likeness (QED) is 0.917. The molecule has 1 N–H and O–H groups in total. The van der Waals surface area contributed by atoms with Gasteiger partial charge in [0, 0.05) is 13.2 Å². The summed E-state index contributed by atoms with van der Waals surface area (Å²) in [6, 6.07) is 1.84. The molecular weight excluding hydrogens is 294 g/mol. The first-order chi connectivity index (χ1) is 7.65. The fraction of sp³-hybridized carbons (Fsp3) is 0.250. The number of carbonyl (C=O) groups is 1. The molecule has 0 spiro atoms. The molecule has 0 bridgehead atoms. The molecule has 0 aliphatic heterocycles. The normalized spacial score (nSPS) is 10.4. The second-order valence-corrected chi connectivity index (χ2v) is 5.28. The van der Waals surface area contributed by atoms with Crippen LogP contribution in [0.1, 0.15) is 15.5 Å². The van der Waals surface area contributed by atoms with Crippen LogP contribution in [0, 0.1) is 0 Å². The van der Waals surface area contributed by atoms with Gasteiger partial charge in [-0.05, 0) is 22.0 Å². The summed E-state index contributed by atoms with van der Waals surface area (Å²) in [5, 5.41) is 14.6. The van der Waals surface area contributed by atoms with Crippen LogP contribution in [0.15, 0.2) is 16.2 Å². The minimum atomic E-state index is -0.242. The molecular formula is C8H8BrN5OS. The fourth-order valence-electron chi connectivity index (χ4n) is 1.10. The van der Waals surface area contributed by atoms with Crippen LogP contribution in [0.3, 0.4) is 0 Å². The summed E-state index contributed by atoms with van der Waals surface area (Å²) in [6.45, 7) is 0.386. The Hall–Kier alpha value is -1.28. The highest BCUT2D eigenvalue weighted by atomic mass is 79.9. The highest BCUT2D eigenvalue weighted by Gasteiger charge is 2.11. The second kappa shape index (κ2) is 4.71. The molecule has 2 rings (SSSR count). The molecule has 0 unspecified atom stereocenters. The molecule has 16 heavy (non-hydrogen) atoms. The Labute approximate surface area is 104 Å². The molecule has 0 atom stereocenters. The van der Waals surface area contributed by atoms with Crippen molar-refractivity contribution in [1.82, 2.24) is 25.3 Å². The lowest BCUT2D eigenvalue weighted by atomic mass is 10.4. The highest BCUT2D eigenvalue weighted by molar-refractivity contribution is 9.11. The van der Waals surface area contributed by atoms with Crippen LogP contribution in [0.5, 0.6) is 0 Å². The van der Waals surface area contributed by atoms with Crippen LogP contribution in [-0.2, 0) is 13.6 Å². The summed E-state index contributed by atoms with van der Waals surface area (Å²) >= 11 is 4.34. The van der Waals surface area contributed by atoms with Crippen molar-refractivity contribution in [2.24, 2.45) is 7.05 Å². The van der Waals surface area contributed by atoms with E-state index in [-0.39, 0.29) is 5.91 Å². The number of hydrogen-bond donors (Lipinski definition) is 1. The third-order valence-electron chi connectivity index (χ3n) is 1.79. The minimum absolute atomic E-state index is 0.242. The number of halogens is 1. The van der Waals surface area contributed by atoms with Gasteiger partial charge in [-0.2, -0.15) is 5.10 Å². The highest BCUT2D eigenvalue weighted by Crippen LogP contribution is 2.15. The molecule has 1 amide bonds. The minimum Gasteiger partial charge on any atom is -0.344 e. The van der Waals surface area contributed by atoms with Gasteiger partial charge < -0.3 is 5.32 Å². The van der Waals surface area contributed by atoms with Gasteiger partial charge in [0.2, 0.25) is 5.01 Å². The van der Waals surface area contributed by atoms with Gasteiger partial charge in [0.05, 0.1) is 12.2 Å². The smallest absolute Gasteiger partial charge is 0.282 e. The molecule has 0 aliphatic carbocycles. The molecule has 2 heterocycles. The summed E-state index contributed by atoms with van der Waals surface area (Å²) in [7, 11) is 1.83. The molecule has 0 saturated heterocycles. The zero-order valence-electron chi connectivity index (χ0n) is 8.35. The zero-order valence-corrected chi connectivity index (χ0v) is 10.7. The molecule has 0 radical (unpaired) electrons. The van der Waals surface area contributed by atoms with Crippen molar-refractivity contribution in [3.63, 3.8) is 0 Å². The predicted molar refractivity (Wildman–Crippen MR) is 62.0 cm³/mol. The molecule has 2 aromatic heterocycles. The second-order valence-electron chi connectivity index (χ2n) is 3.02. The number of nitrogens with one attached hydrogen (secondary N) is 1. The Morgan fingerprint density at radius 1 is 1.62 bits per heavy atom. The van der Waals surface area contributed by atoms with E-state index >= 15 is 0 Å². The molecule has 6 nitrogen and oxygen atoms in total. The molecule has 0 aromatic carbocycles. The van der Waals surface area contributed by atoms with Crippen molar-refractivity contribution >= 4 is 33.2 Å². The maximum atomic E-state index is 11.6. The summed E-state index contributed by atoms with van der Waals surface area (Å²) in [4.78, 5) is 11.6. The maximum absolute atomic E-state index is 11.6. The average molecular weight is 302 g/mol. The predicted octanol–water partition coefficient (Wildman–Crippen LogP) is 0.964. The zero-order chi connectivity index (χ0) is 11.5. The van der Waals surface area contributed by atoms with Crippen LogP contribution < -0.4 is 5.32 Å². The number of amides is 1. The van der Waals surface area contributed by atoms with Crippen molar-refractivity contribution < 1.29 is 4.79 Å². The number of aryl methyl sites for hydroxylation is 1. The lowest BCUT2D eigenvalue weighted by molar-refractivity contribution is 0.0949. The number of nitrogens with zero attached hydrogens (tertiary/aromatic N) is 4. The van der Waals surface area contributed by atoms with E-state index in [1.807, 2.05) is 19.3 Å². The van der Waals surface area contributed by atoms with Crippen LogP contribution in [0.25, 0.3) is 0 Å². The maximum Gasteiger partial charge on any atom is 0.282 e. The van der Waals surface area contributed by atoms with Gasteiger partial charge >= 0.3 is 0 Å². The third kappa shape index (κ3) is 2.64. The van der Waals surface area contributed by atoms with Gasteiger partial charge in [-0.25, -0.2) is 0 Å². The Morgan fingerprint density at radius 3 is 3.00 bits per heavy atom. The Balaban J connectivity index is 1.93. The van der Waals surface area contributed by atoms with E-state index in [0.717, 1.165) is 5.69 Å². The van der Waals surface area contributed by atoms with Crippen LogP contribution in [-0.4, -0.2) is 25.9 Å². The van der Waals surface area contributed by atoms with E-state index in [1.54, 1.807) is 4.68 Å². The van der Waals surface area contributed by atoms with Gasteiger partial charge in [-0.15, -0.1) is 10.2 Å². The van der Waals surface area contributed by atoms with E-state index in [2.05, 4.69) is 36.5 Å². The van der Waals surface area contributed by atoms with Crippen molar-refractivity contribution in [2.45, 2.75) is 6.54 Å². The fourth-order valence-corrected chi connectivity index (χ4v) is 2.13. The summed E-state index contributed by atoms with van der Waals surface area (Å²) in [5.41, 5.74) is 0.805. The number of aromatic nitrogens is 4. The third-order valence-corrected chi connectivity index (χ3v) is 3.15. The Morgan fingerprint density at radius 2 is 2.44 bits per heavy atom. The van der Waals surface area contributed by atoms with Crippen molar-refractivity contribution in [3.8, 4) is 0 Å². The van der Waals surface area contributed by atoms with E-state index in [9.17, 15) is 4.79 Å². The molecule has 84 valence electrons.